The SMILES string of the molecule is CCCc1nc(C(=O)N2CCC(NC)CC2)nn1-c1ccccc1Cl. The highest BCUT2D eigenvalue weighted by molar-refractivity contribution is 6.32. The molecule has 1 saturated heterocycles. The number of halogens is 1. The van der Waals surface area contributed by atoms with Crippen LogP contribution in [0.25, 0.3) is 5.69 Å². The lowest BCUT2D eigenvalue weighted by Gasteiger charge is -2.30. The highest BCUT2D eigenvalue weighted by atomic mass is 35.5. The second-order valence-corrected chi connectivity index (χ2v) is 6.73. The molecule has 0 radical (unpaired) electrons. The lowest BCUT2D eigenvalue weighted by molar-refractivity contribution is 0.0695. The molecule has 1 aromatic carbocycles. The molecule has 2 heterocycles. The first kappa shape index (κ1) is 17.9. The summed E-state index contributed by atoms with van der Waals surface area (Å²) in [5.41, 5.74) is 0.757. The quantitative estimate of drug-likeness (QED) is 0.889. The van der Waals surface area contributed by atoms with Gasteiger partial charge in [-0.05, 0) is 38.4 Å². The fraction of sp³-hybridized carbons (Fsp3) is 0.500. The molecule has 1 N–H and O–H groups in total. The number of para-hydroxylation sites is 1. The molecular formula is C18H24ClN5O. The minimum atomic E-state index is -0.0993. The van der Waals surface area contributed by atoms with Gasteiger partial charge in [0.05, 0.1) is 10.7 Å². The van der Waals surface area contributed by atoms with Crippen LogP contribution in [-0.2, 0) is 6.42 Å². The van der Waals surface area contributed by atoms with Gasteiger partial charge in [0.25, 0.3) is 5.91 Å². The van der Waals surface area contributed by atoms with Gasteiger partial charge in [-0.15, -0.1) is 5.10 Å². The summed E-state index contributed by atoms with van der Waals surface area (Å²) in [4.78, 5) is 19.2. The number of carbonyl (C=O) groups is 1. The van der Waals surface area contributed by atoms with Gasteiger partial charge in [-0.25, -0.2) is 9.67 Å². The summed E-state index contributed by atoms with van der Waals surface area (Å²) >= 11 is 6.31. The molecule has 0 bridgehead atoms. The first-order chi connectivity index (χ1) is 12.1. The van der Waals surface area contributed by atoms with Gasteiger partial charge in [-0.1, -0.05) is 30.7 Å². The Morgan fingerprint density at radius 3 is 2.68 bits per heavy atom. The van der Waals surface area contributed by atoms with Crippen molar-refractivity contribution in [3.8, 4) is 5.69 Å². The zero-order valence-corrected chi connectivity index (χ0v) is 15.5. The Hall–Kier alpha value is -1.92. The van der Waals surface area contributed by atoms with Crippen molar-refractivity contribution in [2.45, 2.75) is 38.6 Å². The van der Waals surface area contributed by atoms with Crippen molar-refractivity contribution in [1.82, 2.24) is 25.0 Å². The predicted molar refractivity (Wildman–Crippen MR) is 98.3 cm³/mol. The fourth-order valence-corrected chi connectivity index (χ4v) is 3.37. The number of rotatable bonds is 5. The van der Waals surface area contributed by atoms with Crippen LogP contribution in [0.3, 0.4) is 0 Å². The molecule has 1 aliphatic heterocycles. The number of nitrogens with one attached hydrogen (secondary N) is 1. The maximum absolute atomic E-state index is 12.8. The number of piperidine rings is 1. The van der Waals surface area contributed by atoms with Crippen molar-refractivity contribution in [2.75, 3.05) is 20.1 Å². The number of likely N-dealkylation sites (tertiary alicyclic amines) is 1. The number of benzene rings is 1. The van der Waals surface area contributed by atoms with Crippen molar-refractivity contribution in [1.29, 1.82) is 0 Å². The zero-order valence-electron chi connectivity index (χ0n) is 14.7. The summed E-state index contributed by atoms with van der Waals surface area (Å²) in [6.45, 7) is 3.54. The van der Waals surface area contributed by atoms with E-state index >= 15 is 0 Å². The molecule has 6 nitrogen and oxygen atoms in total. The summed E-state index contributed by atoms with van der Waals surface area (Å²) in [5.74, 6) is 0.924. The Labute approximate surface area is 153 Å². The van der Waals surface area contributed by atoms with Crippen molar-refractivity contribution >= 4 is 17.5 Å². The number of nitrogens with zero attached hydrogens (tertiary/aromatic N) is 4. The lowest BCUT2D eigenvalue weighted by atomic mass is 10.1. The molecule has 3 rings (SSSR count). The molecule has 7 heteroatoms. The van der Waals surface area contributed by atoms with E-state index in [1.807, 2.05) is 36.2 Å². The minimum absolute atomic E-state index is 0.0993. The normalized spacial score (nSPS) is 15.6. The van der Waals surface area contributed by atoms with Crippen LogP contribution in [0.4, 0.5) is 0 Å². The van der Waals surface area contributed by atoms with Gasteiger partial charge < -0.3 is 10.2 Å². The van der Waals surface area contributed by atoms with E-state index in [0.717, 1.165) is 50.3 Å². The number of aryl methyl sites for hydroxylation is 1. The van der Waals surface area contributed by atoms with Crippen LogP contribution in [0.5, 0.6) is 0 Å². The summed E-state index contributed by atoms with van der Waals surface area (Å²) < 4.78 is 1.71. The van der Waals surface area contributed by atoms with E-state index in [1.165, 1.54) is 0 Å². The van der Waals surface area contributed by atoms with Crippen LogP contribution in [0, 0.1) is 0 Å². The Morgan fingerprint density at radius 2 is 2.04 bits per heavy atom. The summed E-state index contributed by atoms with van der Waals surface area (Å²) in [6.07, 6.45) is 3.57. The van der Waals surface area contributed by atoms with Crippen molar-refractivity contribution in [2.24, 2.45) is 0 Å². The molecular weight excluding hydrogens is 338 g/mol. The Balaban J connectivity index is 1.86. The molecule has 1 aliphatic rings. The number of hydrogen-bond donors (Lipinski definition) is 1. The first-order valence-corrected chi connectivity index (χ1v) is 9.19. The first-order valence-electron chi connectivity index (χ1n) is 8.81. The average Bonchev–Trinajstić information content (AvgIpc) is 3.05. The summed E-state index contributed by atoms with van der Waals surface area (Å²) in [6, 6.07) is 7.97. The third-order valence-corrected chi connectivity index (χ3v) is 4.93. The second kappa shape index (κ2) is 7.97. The maximum atomic E-state index is 12.8. The molecule has 1 amide bonds. The van der Waals surface area contributed by atoms with Gasteiger partial charge in [0, 0.05) is 25.6 Å². The highest BCUT2D eigenvalue weighted by Crippen LogP contribution is 2.21. The molecule has 0 spiro atoms. The number of aromatic nitrogens is 3. The second-order valence-electron chi connectivity index (χ2n) is 6.32. The smallest absolute Gasteiger partial charge is 0.293 e. The number of hydrogen-bond acceptors (Lipinski definition) is 4. The fourth-order valence-electron chi connectivity index (χ4n) is 3.15. The van der Waals surface area contributed by atoms with Gasteiger partial charge in [0.15, 0.2) is 0 Å². The third-order valence-electron chi connectivity index (χ3n) is 4.61. The van der Waals surface area contributed by atoms with E-state index in [0.29, 0.717) is 11.1 Å². The largest absolute Gasteiger partial charge is 0.336 e. The predicted octanol–water partition coefficient (Wildman–Crippen LogP) is 2.70. The lowest BCUT2D eigenvalue weighted by Crippen LogP contribution is -2.44. The molecule has 1 aromatic heterocycles. The van der Waals surface area contributed by atoms with E-state index in [-0.39, 0.29) is 11.7 Å². The number of amides is 1. The molecule has 134 valence electrons. The van der Waals surface area contributed by atoms with Crippen LogP contribution < -0.4 is 5.32 Å². The number of carbonyl (C=O) groups excluding carboxylic acids is 1. The topological polar surface area (TPSA) is 63.1 Å². The monoisotopic (exact) mass is 361 g/mol. The van der Waals surface area contributed by atoms with Gasteiger partial charge >= 0.3 is 0 Å². The molecule has 0 aliphatic carbocycles. The molecule has 1 fully saturated rings. The van der Waals surface area contributed by atoms with Crippen LogP contribution in [0.1, 0.15) is 42.6 Å². The third kappa shape index (κ3) is 3.85. The van der Waals surface area contributed by atoms with Crippen LogP contribution >= 0.6 is 11.6 Å². The molecule has 0 saturated carbocycles. The van der Waals surface area contributed by atoms with Crippen molar-refractivity contribution < 1.29 is 4.79 Å². The van der Waals surface area contributed by atoms with Crippen LogP contribution in [-0.4, -0.2) is 51.8 Å². The van der Waals surface area contributed by atoms with E-state index < -0.39 is 0 Å². The van der Waals surface area contributed by atoms with E-state index in [1.54, 1.807) is 4.68 Å². The zero-order chi connectivity index (χ0) is 17.8. The maximum Gasteiger partial charge on any atom is 0.293 e. The van der Waals surface area contributed by atoms with Crippen molar-refractivity contribution in [3.63, 3.8) is 0 Å². The Morgan fingerprint density at radius 1 is 1.32 bits per heavy atom. The van der Waals surface area contributed by atoms with Gasteiger partial charge in [0.1, 0.15) is 5.82 Å². The highest BCUT2D eigenvalue weighted by Gasteiger charge is 2.26. The van der Waals surface area contributed by atoms with Gasteiger partial charge in [-0.3, -0.25) is 4.79 Å². The van der Waals surface area contributed by atoms with E-state index in [9.17, 15) is 4.79 Å². The van der Waals surface area contributed by atoms with Crippen LogP contribution in [0.15, 0.2) is 24.3 Å². The Kier molecular flexibility index (Phi) is 5.71. The molecule has 0 atom stereocenters. The van der Waals surface area contributed by atoms with Crippen molar-refractivity contribution in [3.05, 3.63) is 40.9 Å². The Bertz CT molecular complexity index is 737. The van der Waals surface area contributed by atoms with Gasteiger partial charge in [0.2, 0.25) is 5.82 Å². The minimum Gasteiger partial charge on any atom is -0.336 e. The summed E-state index contributed by atoms with van der Waals surface area (Å²) in [7, 11) is 1.96. The average molecular weight is 362 g/mol. The van der Waals surface area contributed by atoms with Crippen LogP contribution in [0.2, 0.25) is 5.02 Å². The van der Waals surface area contributed by atoms with Gasteiger partial charge in [-0.2, -0.15) is 0 Å². The molecule has 25 heavy (non-hydrogen) atoms. The molecule has 0 unspecified atom stereocenters. The van der Waals surface area contributed by atoms with E-state index in [4.69, 9.17) is 11.6 Å². The molecule has 2 aromatic rings. The van der Waals surface area contributed by atoms with E-state index in [2.05, 4.69) is 22.3 Å². The summed E-state index contributed by atoms with van der Waals surface area (Å²) in [5, 5.41) is 8.36. The standard InChI is InChI=1S/C18H24ClN5O/c1-3-6-16-21-17(18(25)23-11-9-13(20-2)10-12-23)22-24(16)15-8-5-4-7-14(15)19/h4-5,7-8,13,20H,3,6,9-12H2,1-2H3.